The van der Waals surface area contributed by atoms with Crippen molar-refractivity contribution in [2.45, 2.75) is 13.5 Å². The van der Waals surface area contributed by atoms with Crippen molar-refractivity contribution in [2.75, 3.05) is 12.5 Å². The summed E-state index contributed by atoms with van der Waals surface area (Å²) in [5.41, 5.74) is 3.40. The van der Waals surface area contributed by atoms with Gasteiger partial charge in [0.15, 0.2) is 5.82 Å². The molecule has 4 N–H and O–H groups in total. The third-order valence-corrected chi connectivity index (χ3v) is 2.58. The van der Waals surface area contributed by atoms with E-state index in [1.807, 2.05) is 0 Å². The van der Waals surface area contributed by atoms with Gasteiger partial charge in [-0.25, -0.2) is 4.98 Å². The van der Waals surface area contributed by atoms with Crippen LogP contribution in [-0.4, -0.2) is 38.0 Å². The summed E-state index contributed by atoms with van der Waals surface area (Å²) in [5, 5.41) is 6.72. The van der Waals surface area contributed by atoms with Crippen LogP contribution in [0.25, 0.3) is 0 Å². The van der Waals surface area contributed by atoms with E-state index in [9.17, 15) is 4.79 Å². The number of carbonyl (C=O) groups excluding carboxylic acids is 1. The first kappa shape index (κ1) is 13.0. The van der Waals surface area contributed by atoms with Crippen LogP contribution in [0, 0.1) is 6.92 Å². The summed E-state index contributed by atoms with van der Waals surface area (Å²) < 4.78 is 0. The van der Waals surface area contributed by atoms with Gasteiger partial charge in [-0.05, 0) is 13.0 Å². The Morgan fingerprint density at radius 3 is 3.00 bits per heavy atom. The molecule has 0 saturated heterocycles. The number of pyridine rings is 1. The number of anilines is 1. The summed E-state index contributed by atoms with van der Waals surface area (Å²) in [4.78, 5) is 21.8. The van der Waals surface area contributed by atoms with Crippen molar-refractivity contribution in [3.63, 3.8) is 0 Å². The van der Waals surface area contributed by atoms with Crippen molar-refractivity contribution >= 4 is 11.6 Å². The van der Waals surface area contributed by atoms with Gasteiger partial charge < -0.3 is 10.3 Å². The zero-order valence-electron chi connectivity index (χ0n) is 10.7. The standard InChI is InChI=1S/C11H15N7O/c1-7-14-10(17-16-7)6-18(2)11(19)8-5-13-4-3-9(8)15-12/h3-5H,6,12H2,1-2H3,(H,13,15)(H,14,16,17). The van der Waals surface area contributed by atoms with Crippen LogP contribution < -0.4 is 11.3 Å². The third-order valence-electron chi connectivity index (χ3n) is 2.58. The molecule has 0 aliphatic rings. The zero-order valence-corrected chi connectivity index (χ0v) is 10.7. The highest BCUT2D eigenvalue weighted by atomic mass is 16.2. The molecule has 8 heteroatoms. The quantitative estimate of drug-likeness (QED) is 0.530. The molecule has 1 amide bonds. The van der Waals surface area contributed by atoms with Crippen molar-refractivity contribution < 1.29 is 4.79 Å². The number of nitrogens with one attached hydrogen (secondary N) is 2. The van der Waals surface area contributed by atoms with E-state index in [4.69, 9.17) is 5.84 Å². The molecule has 0 fully saturated rings. The molecule has 2 heterocycles. The van der Waals surface area contributed by atoms with Gasteiger partial charge in [-0.1, -0.05) is 0 Å². The number of nitrogens with zero attached hydrogens (tertiary/aromatic N) is 4. The van der Waals surface area contributed by atoms with Crippen LogP contribution in [0.5, 0.6) is 0 Å². The number of aryl methyl sites for hydroxylation is 1. The number of H-pyrrole nitrogens is 1. The SMILES string of the molecule is Cc1nc(CN(C)C(=O)c2cnccc2NN)n[nH]1. The van der Waals surface area contributed by atoms with Crippen LogP contribution in [0.1, 0.15) is 22.0 Å². The van der Waals surface area contributed by atoms with Crippen molar-refractivity contribution in [1.82, 2.24) is 25.1 Å². The van der Waals surface area contributed by atoms with Gasteiger partial charge >= 0.3 is 0 Å². The molecule has 0 aliphatic heterocycles. The average molecular weight is 261 g/mol. The van der Waals surface area contributed by atoms with E-state index in [1.54, 1.807) is 26.2 Å². The minimum Gasteiger partial charge on any atom is -0.334 e. The smallest absolute Gasteiger partial charge is 0.257 e. The van der Waals surface area contributed by atoms with E-state index in [0.29, 0.717) is 29.4 Å². The fourth-order valence-electron chi connectivity index (χ4n) is 1.64. The van der Waals surface area contributed by atoms with E-state index >= 15 is 0 Å². The molecule has 0 unspecified atom stereocenters. The fourth-order valence-corrected chi connectivity index (χ4v) is 1.64. The summed E-state index contributed by atoms with van der Waals surface area (Å²) in [7, 11) is 1.67. The van der Waals surface area contributed by atoms with Gasteiger partial charge in [0, 0.05) is 19.4 Å². The largest absolute Gasteiger partial charge is 0.334 e. The van der Waals surface area contributed by atoms with Gasteiger partial charge in [-0.2, -0.15) is 5.10 Å². The minimum atomic E-state index is -0.205. The number of aromatic amines is 1. The lowest BCUT2D eigenvalue weighted by Crippen LogP contribution is -2.28. The lowest BCUT2D eigenvalue weighted by atomic mass is 10.2. The summed E-state index contributed by atoms with van der Waals surface area (Å²) in [6.45, 7) is 2.11. The summed E-state index contributed by atoms with van der Waals surface area (Å²) in [6, 6.07) is 1.64. The fraction of sp³-hybridized carbons (Fsp3) is 0.273. The van der Waals surface area contributed by atoms with E-state index in [1.165, 1.54) is 11.1 Å². The first-order valence-corrected chi connectivity index (χ1v) is 5.65. The Labute approximate surface area is 110 Å². The number of hydrazine groups is 1. The number of rotatable bonds is 4. The predicted molar refractivity (Wildman–Crippen MR) is 69.0 cm³/mol. The number of hydrogen-bond acceptors (Lipinski definition) is 6. The van der Waals surface area contributed by atoms with Gasteiger partial charge in [-0.3, -0.25) is 20.7 Å². The van der Waals surface area contributed by atoms with Crippen LogP contribution in [0.3, 0.4) is 0 Å². The highest BCUT2D eigenvalue weighted by Crippen LogP contribution is 2.14. The zero-order chi connectivity index (χ0) is 13.8. The number of hydrogen-bond donors (Lipinski definition) is 3. The Morgan fingerprint density at radius 2 is 2.37 bits per heavy atom. The number of nitrogen functional groups attached to an aromatic ring is 1. The molecule has 0 saturated carbocycles. The first-order chi connectivity index (χ1) is 9.11. The molecule has 0 atom stereocenters. The van der Waals surface area contributed by atoms with Crippen LogP contribution >= 0.6 is 0 Å². The van der Waals surface area contributed by atoms with Gasteiger partial charge in [-0.15, -0.1) is 0 Å². The average Bonchev–Trinajstić information content (AvgIpc) is 2.83. The Morgan fingerprint density at radius 1 is 1.58 bits per heavy atom. The second kappa shape index (κ2) is 5.44. The molecule has 19 heavy (non-hydrogen) atoms. The molecule has 0 aliphatic carbocycles. The van der Waals surface area contributed by atoms with E-state index in [2.05, 4.69) is 25.6 Å². The summed E-state index contributed by atoms with van der Waals surface area (Å²) in [6.07, 6.45) is 3.03. The van der Waals surface area contributed by atoms with Gasteiger partial charge in [0.25, 0.3) is 5.91 Å². The molecule has 100 valence electrons. The van der Waals surface area contributed by atoms with E-state index < -0.39 is 0 Å². The molecule has 2 aromatic rings. The van der Waals surface area contributed by atoms with Crippen LogP contribution in [0.4, 0.5) is 5.69 Å². The Bertz CT molecular complexity index is 580. The normalized spacial score (nSPS) is 10.3. The van der Waals surface area contributed by atoms with Crippen molar-refractivity contribution in [3.05, 3.63) is 35.7 Å². The maximum Gasteiger partial charge on any atom is 0.257 e. The molecule has 0 radical (unpaired) electrons. The number of aromatic nitrogens is 4. The van der Waals surface area contributed by atoms with Gasteiger partial charge in [0.05, 0.1) is 17.8 Å². The van der Waals surface area contributed by atoms with E-state index in [-0.39, 0.29) is 5.91 Å². The third kappa shape index (κ3) is 2.86. The minimum absolute atomic E-state index is 0.205. The molecular weight excluding hydrogens is 246 g/mol. The molecular formula is C11H15N7O. The van der Waals surface area contributed by atoms with Crippen LogP contribution in [-0.2, 0) is 6.54 Å². The highest BCUT2D eigenvalue weighted by Gasteiger charge is 2.17. The Balaban J connectivity index is 2.14. The molecule has 2 rings (SSSR count). The van der Waals surface area contributed by atoms with Crippen molar-refractivity contribution in [1.29, 1.82) is 0 Å². The molecule has 0 bridgehead atoms. The molecule has 2 aromatic heterocycles. The molecule has 0 spiro atoms. The van der Waals surface area contributed by atoms with Crippen molar-refractivity contribution in [2.24, 2.45) is 5.84 Å². The van der Waals surface area contributed by atoms with E-state index in [0.717, 1.165) is 0 Å². The lowest BCUT2D eigenvalue weighted by molar-refractivity contribution is 0.0782. The Kier molecular flexibility index (Phi) is 3.71. The molecule has 8 nitrogen and oxygen atoms in total. The van der Waals surface area contributed by atoms with Crippen LogP contribution in [0.2, 0.25) is 0 Å². The predicted octanol–water partition coefficient (Wildman–Crippen LogP) is 0.0659. The van der Waals surface area contributed by atoms with Gasteiger partial charge in [0.2, 0.25) is 0 Å². The topological polar surface area (TPSA) is 113 Å². The number of amides is 1. The second-order valence-electron chi connectivity index (χ2n) is 4.06. The number of carbonyl (C=O) groups is 1. The highest BCUT2D eigenvalue weighted by molar-refractivity contribution is 5.98. The molecule has 0 aromatic carbocycles. The lowest BCUT2D eigenvalue weighted by Gasteiger charge is -2.16. The monoisotopic (exact) mass is 261 g/mol. The maximum atomic E-state index is 12.3. The van der Waals surface area contributed by atoms with Crippen molar-refractivity contribution in [3.8, 4) is 0 Å². The maximum absolute atomic E-state index is 12.3. The van der Waals surface area contributed by atoms with Crippen LogP contribution in [0.15, 0.2) is 18.5 Å². The first-order valence-electron chi connectivity index (χ1n) is 5.65. The van der Waals surface area contributed by atoms with Gasteiger partial charge in [0.1, 0.15) is 5.82 Å². The summed E-state index contributed by atoms with van der Waals surface area (Å²) in [5.74, 6) is 6.43. The summed E-state index contributed by atoms with van der Waals surface area (Å²) >= 11 is 0. The number of nitrogens with two attached hydrogens (primary N) is 1. The second-order valence-corrected chi connectivity index (χ2v) is 4.06. The Hall–Kier alpha value is -2.48.